The number of rotatable bonds is 4. The predicted molar refractivity (Wildman–Crippen MR) is 121 cm³/mol. The van der Waals surface area contributed by atoms with Crippen molar-refractivity contribution in [3.05, 3.63) is 63.7 Å². The van der Waals surface area contributed by atoms with Gasteiger partial charge in [-0.25, -0.2) is 9.37 Å². The summed E-state index contributed by atoms with van der Waals surface area (Å²) in [5.41, 5.74) is 5.40. The number of amides is 1. The van der Waals surface area contributed by atoms with Crippen molar-refractivity contribution >= 4 is 23.1 Å². The van der Waals surface area contributed by atoms with Gasteiger partial charge >= 0.3 is 0 Å². The van der Waals surface area contributed by atoms with Gasteiger partial charge in [0.15, 0.2) is 5.82 Å². The molecule has 4 heterocycles. The molecule has 1 aliphatic carbocycles. The van der Waals surface area contributed by atoms with Crippen LogP contribution in [0.3, 0.4) is 0 Å². The fraction of sp³-hybridized carbons (Fsp3) is 0.333. The number of fused-ring (bicyclic) bond motifs is 4. The first-order chi connectivity index (χ1) is 15.8. The Morgan fingerprint density at radius 1 is 1.18 bits per heavy atom. The van der Waals surface area contributed by atoms with Gasteiger partial charge in [-0.3, -0.25) is 4.79 Å². The minimum atomic E-state index is -0.535. The molecular weight excluding hydrogens is 425 g/mol. The van der Waals surface area contributed by atoms with Crippen molar-refractivity contribution in [3.63, 3.8) is 0 Å². The van der Waals surface area contributed by atoms with Crippen molar-refractivity contribution in [1.82, 2.24) is 9.55 Å². The highest BCUT2D eigenvalue weighted by molar-refractivity contribution is 6.08. The summed E-state index contributed by atoms with van der Waals surface area (Å²) >= 11 is 0. The lowest BCUT2D eigenvalue weighted by atomic mass is 9.90. The Labute approximate surface area is 189 Å². The monoisotopic (exact) mass is 447 g/mol. The van der Waals surface area contributed by atoms with Crippen LogP contribution in [0.4, 0.5) is 21.6 Å². The SMILES string of the molecule is CC1(C)Cc2cc3n(c2C1)CCN(c1cc(F)cc(-c2ccnc4c2N4N=O)c1CO)C3=O. The molecule has 1 aromatic carbocycles. The van der Waals surface area contributed by atoms with Gasteiger partial charge < -0.3 is 14.6 Å². The zero-order valence-corrected chi connectivity index (χ0v) is 18.3. The minimum Gasteiger partial charge on any atom is -0.392 e. The van der Waals surface area contributed by atoms with Gasteiger partial charge in [-0.1, -0.05) is 13.8 Å². The summed E-state index contributed by atoms with van der Waals surface area (Å²) in [6, 6.07) is 6.21. The van der Waals surface area contributed by atoms with Crippen molar-refractivity contribution in [2.24, 2.45) is 10.7 Å². The molecule has 0 fully saturated rings. The fourth-order valence-electron chi connectivity index (χ4n) is 5.47. The maximum Gasteiger partial charge on any atom is 0.274 e. The zero-order valence-electron chi connectivity index (χ0n) is 18.3. The number of benzene rings is 1. The van der Waals surface area contributed by atoms with Crippen molar-refractivity contribution in [3.8, 4) is 11.1 Å². The van der Waals surface area contributed by atoms with E-state index in [2.05, 4.69) is 28.7 Å². The lowest BCUT2D eigenvalue weighted by molar-refractivity contribution is 0.0963. The normalized spacial score (nSPS) is 17.6. The number of nitroso groups, excluding NO2 is 1. The van der Waals surface area contributed by atoms with Gasteiger partial charge in [-0.2, -0.15) is 5.01 Å². The largest absolute Gasteiger partial charge is 0.392 e. The first-order valence-corrected chi connectivity index (χ1v) is 10.9. The summed E-state index contributed by atoms with van der Waals surface area (Å²) in [4.78, 5) is 30.2. The number of aromatic nitrogens is 2. The highest BCUT2D eigenvalue weighted by Crippen LogP contribution is 2.53. The average molecular weight is 447 g/mol. The maximum absolute atomic E-state index is 14.8. The average Bonchev–Trinajstić information content (AvgIpc) is 3.29. The van der Waals surface area contributed by atoms with E-state index < -0.39 is 12.4 Å². The Kier molecular flexibility index (Phi) is 4.08. The number of nitrogens with zero attached hydrogens (tertiary/aromatic N) is 5. The molecule has 6 rings (SSSR count). The van der Waals surface area contributed by atoms with Gasteiger partial charge in [0.1, 0.15) is 17.2 Å². The second-order valence-corrected chi connectivity index (χ2v) is 9.66. The van der Waals surface area contributed by atoms with Crippen LogP contribution in [0.2, 0.25) is 0 Å². The van der Waals surface area contributed by atoms with Gasteiger partial charge in [-0.05, 0) is 53.6 Å². The molecule has 0 saturated heterocycles. The Morgan fingerprint density at radius 3 is 2.76 bits per heavy atom. The highest BCUT2D eigenvalue weighted by Gasteiger charge is 2.39. The quantitative estimate of drug-likeness (QED) is 0.480. The summed E-state index contributed by atoms with van der Waals surface area (Å²) in [5.74, 6) is -0.338. The van der Waals surface area contributed by atoms with Crippen LogP contribution in [0.25, 0.3) is 11.1 Å². The van der Waals surface area contributed by atoms with E-state index in [1.54, 1.807) is 11.0 Å². The van der Waals surface area contributed by atoms with Crippen LogP contribution in [0.1, 0.15) is 41.2 Å². The Balaban J connectivity index is 1.44. The molecule has 1 amide bonds. The van der Waals surface area contributed by atoms with Gasteiger partial charge in [0.25, 0.3) is 5.91 Å². The van der Waals surface area contributed by atoms with Crippen LogP contribution in [0.5, 0.6) is 0 Å². The van der Waals surface area contributed by atoms with E-state index >= 15 is 0 Å². The lowest BCUT2D eigenvalue weighted by Crippen LogP contribution is -2.41. The Hall–Kier alpha value is -3.59. The molecule has 1 N–H and O–H groups in total. The molecule has 0 bridgehead atoms. The van der Waals surface area contributed by atoms with E-state index in [9.17, 15) is 19.2 Å². The second-order valence-electron chi connectivity index (χ2n) is 9.66. The summed E-state index contributed by atoms with van der Waals surface area (Å²) in [5, 5.41) is 14.3. The van der Waals surface area contributed by atoms with Gasteiger partial charge in [0.05, 0.1) is 17.6 Å². The van der Waals surface area contributed by atoms with Gasteiger partial charge in [0, 0.05) is 36.1 Å². The molecule has 2 aliphatic heterocycles. The molecule has 2 aromatic heterocycles. The summed E-state index contributed by atoms with van der Waals surface area (Å²) in [6.45, 7) is 5.04. The van der Waals surface area contributed by atoms with Crippen molar-refractivity contribution in [2.45, 2.75) is 39.8 Å². The molecule has 8 nitrogen and oxygen atoms in total. The molecule has 9 heteroatoms. The van der Waals surface area contributed by atoms with Crippen LogP contribution in [-0.2, 0) is 26.0 Å². The van der Waals surface area contributed by atoms with Crippen molar-refractivity contribution in [2.75, 3.05) is 16.5 Å². The molecule has 0 unspecified atom stereocenters. The topological polar surface area (TPSA) is 90.8 Å². The molecule has 0 radical (unpaired) electrons. The molecule has 33 heavy (non-hydrogen) atoms. The number of aliphatic hydroxyl groups excluding tert-OH is 1. The minimum absolute atomic E-state index is 0.187. The van der Waals surface area contributed by atoms with Gasteiger partial charge in [-0.15, -0.1) is 4.91 Å². The van der Waals surface area contributed by atoms with Crippen LogP contribution in [0, 0.1) is 16.1 Å². The van der Waals surface area contributed by atoms with E-state index in [1.165, 1.54) is 29.6 Å². The van der Waals surface area contributed by atoms with Crippen molar-refractivity contribution in [1.29, 1.82) is 0 Å². The molecule has 0 atom stereocenters. The highest BCUT2D eigenvalue weighted by atomic mass is 19.1. The standard InChI is InChI=1S/C24H22FN5O3/c1-24(2)10-13-7-19-23(32)29(6-5-28(19)20(13)11-24)18-9-14(25)8-16(17(18)12-31)15-3-4-26-22-21(15)30(22)27-33/h3-4,7-9,31H,5-6,10-12H2,1-2H3. The summed E-state index contributed by atoms with van der Waals surface area (Å²) in [6.07, 6.45) is 3.36. The first kappa shape index (κ1) is 20.0. The number of hydrogen-bond donors (Lipinski definition) is 1. The van der Waals surface area contributed by atoms with Gasteiger partial charge in [0.2, 0.25) is 0 Å². The summed E-state index contributed by atoms with van der Waals surface area (Å²) < 4.78 is 16.9. The number of aliphatic hydroxyl groups is 1. The molecule has 3 aliphatic rings. The maximum atomic E-state index is 14.8. The van der Waals surface area contributed by atoms with Crippen LogP contribution < -0.4 is 9.91 Å². The molecule has 168 valence electrons. The van der Waals surface area contributed by atoms with E-state index in [0.29, 0.717) is 52.7 Å². The third-order valence-electron chi connectivity index (χ3n) is 6.90. The number of pyridine rings is 1. The number of carbonyl (C=O) groups is 1. The smallest absolute Gasteiger partial charge is 0.274 e. The molecular formula is C24H22FN5O3. The number of carbonyl (C=O) groups excluding carboxylic acids is 1. The third-order valence-corrected chi connectivity index (χ3v) is 6.90. The molecule has 0 saturated carbocycles. The third kappa shape index (κ3) is 2.85. The molecule has 3 aromatic rings. The first-order valence-electron chi connectivity index (χ1n) is 10.9. The zero-order chi connectivity index (χ0) is 23.1. The van der Waals surface area contributed by atoms with E-state index in [4.69, 9.17) is 0 Å². The summed E-state index contributed by atoms with van der Waals surface area (Å²) in [7, 11) is 0. The Morgan fingerprint density at radius 2 is 2.00 bits per heavy atom. The number of hydrogen-bond acceptors (Lipinski definition) is 5. The molecule has 0 spiro atoms. The fourth-order valence-corrected chi connectivity index (χ4v) is 5.47. The predicted octanol–water partition coefficient (Wildman–Crippen LogP) is 4.10. The Bertz CT molecular complexity index is 1360. The van der Waals surface area contributed by atoms with Crippen molar-refractivity contribution < 1.29 is 14.3 Å². The number of anilines is 3. The lowest BCUT2D eigenvalue weighted by Gasteiger charge is -2.32. The van der Waals surface area contributed by atoms with E-state index in [1.807, 2.05) is 6.07 Å². The van der Waals surface area contributed by atoms with Crippen LogP contribution in [0.15, 0.2) is 35.7 Å². The second kappa shape index (κ2) is 6.71. The van der Waals surface area contributed by atoms with Crippen LogP contribution in [-0.4, -0.2) is 27.1 Å². The number of halogens is 1. The van der Waals surface area contributed by atoms with E-state index in [-0.39, 0.29) is 11.3 Å². The van der Waals surface area contributed by atoms with E-state index in [0.717, 1.165) is 17.9 Å². The van der Waals surface area contributed by atoms with Crippen LogP contribution >= 0.6 is 0 Å².